The van der Waals surface area contributed by atoms with Crippen LogP contribution in [-0.4, -0.2) is 5.33 Å². The third-order valence-electron chi connectivity index (χ3n) is 1.28. The second-order valence-corrected chi connectivity index (χ2v) is 3.88. The van der Waals surface area contributed by atoms with Crippen LogP contribution in [0.15, 0.2) is 11.4 Å². The molecule has 1 heterocycles. The molecule has 0 atom stereocenters. The Bertz CT molecular complexity index is 277. The molecule has 0 bridgehead atoms. The van der Waals surface area contributed by atoms with Crippen molar-refractivity contribution in [1.29, 1.82) is 0 Å². The van der Waals surface area contributed by atoms with Gasteiger partial charge in [-0.2, -0.15) is 0 Å². The third-order valence-corrected chi connectivity index (χ3v) is 2.61. The van der Waals surface area contributed by atoms with Crippen molar-refractivity contribution in [2.24, 2.45) is 0 Å². The molecule has 0 fully saturated rings. The van der Waals surface area contributed by atoms with Crippen molar-refractivity contribution < 1.29 is 0 Å². The van der Waals surface area contributed by atoms with Gasteiger partial charge in [-0.05, 0) is 23.9 Å². The van der Waals surface area contributed by atoms with Crippen LogP contribution in [0.3, 0.4) is 0 Å². The van der Waals surface area contributed by atoms with Gasteiger partial charge in [0.25, 0.3) is 0 Å². The van der Waals surface area contributed by atoms with E-state index in [0.717, 1.165) is 11.8 Å². The van der Waals surface area contributed by atoms with E-state index in [1.54, 1.807) is 11.3 Å². The molecule has 0 nitrogen and oxygen atoms in total. The SMILES string of the molecule is Cc1ccsc1C#CCCBr. The van der Waals surface area contributed by atoms with Crippen LogP contribution in [0.5, 0.6) is 0 Å². The van der Waals surface area contributed by atoms with Gasteiger partial charge in [-0.15, -0.1) is 11.3 Å². The highest BCUT2D eigenvalue weighted by molar-refractivity contribution is 9.09. The summed E-state index contributed by atoms with van der Waals surface area (Å²) in [7, 11) is 0. The lowest BCUT2D eigenvalue weighted by Crippen LogP contribution is -1.70. The maximum atomic E-state index is 3.33. The Morgan fingerprint density at radius 1 is 1.64 bits per heavy atom. The van der Waals surface area contributed by atoms with Crippen molar-refractivity contribution in [3.05, 3.63) is 21.9 Å². The number of halogens is 1. The van der Waals surface area contributed by atoms with E-state index in [9.17, 15) is 0 Å². The molecule has 2 heteroatoms. The maximum absolute atomic E-state index is 3.33. The lowest BCUT2D eigenvalue weighted by Gasteiger charge is -1.83. The summed E-state index contributed by atoms with van der Waals surface area (Å²) in [5.41, 5.74) is 1.29. The molecule has 0 aliphatic heterocycles. The lowest BCUT2D eigenvalue weighted by atomic mass is 10.3. The highest BCUT2D eigenvalue weighted by Crippen LogP contribution is 2.13. The minimum absolute atomic E-state index is 0.928. The molecule has 0 amide bonds. The minimum atomic E-state index is 0.928. The summed E-state index contributed by atoms with van der Waals surface area (Å²) >= 11 is 5.04. The van der Waals surface area contributed by atoms with E-state index < -0.39 is 0 Å². The molecule has 11 heavy (non-hydrogen) atoms. The first-order valence-electron chi connectivity index (χ1n) is 3.43. The fraction of sp³-hybridized carbons (Fsp3) is 0.333. The third kappa shape index (κ3) is 2.69. The van der Waals surface area contributed by atoms with Crippen molar-refractivity contribution in [2.45, 2.75) is 13.3 Å². The highest BCUT2D eigenvalue weighted by atomic mass is 79.9. The molecule has 0 saturated carbocycles. The molecular weight excluding hydrogens is 220 g/mol. The number of alkyl halides is 1. The average Bonchev–Trinajstić information content (AvgIpc) is 2.37. The molecule has 0 N–H and O–H groups in total. The topological polar surface area (TPSA) is 0 Å². The van der Waals surface area contributed by atoms with Gasteiger partial charge in [0.1, 0.15) is 0 Å². The van der Waals surface area contributed by atoms with Crippen LogP contribution in [0.4, 0.5) is 0 Å². The van der Waals surface area contributed by atoms with Gasteiger partial charge in [-0.3, -0.25) is 0 Å². The molecule has 1 aromatic rings. The quantitative estimate of drug-likeness (QED) is 0.512. The smallest absolute Gasteiger partial charge is 0.0797 e. The van der Waals surface area contributed by atoms with Gasteiger partial charge in [0.05, 0.1) is 4.88 Å². The summed E-state index contributed by atoms with van der Waals surface area (Å²) in [6.07, 6.45) is 0.928. The van der Waals surface area contributed by atoms with E-state index in [4.69, 9.17) is 0 Å². The fourth-order valence-corrected chi connectivity index (χ4v) is 1.68. The molecule has 0 aliphatic rings. The Balaban J connectivity index is 2.65. The number of thiophene rings is 1. The zero-order valence-electron chi connectivity index (χ0n) is 6.36. The van der Waals surface area contributed by atoms with E-state index in [2.05, 4.69) is 46.1 Å². The molecule has 58 valence electrons. The average molecular weight is 229 g/mol. The fourth-order valence-electron chi connectivity index (χ4n) is 0.691. The second kappa shape index (κ2) is 4.58. The van der Waals surface area contributed by atoms with Crippen LogP contribution in [-0.2, 0) is 0 Å². The molecule has 1 aromatic heterocycles. The van der Waals surface area contributed by atoms with Gasteiger partial charge >= 0.3 is 0 Å². The summed E-state index contributed by atoms with van der Waals surface area (Å²) in [6, 6.07) is 2.10. The zero-order chi connectivity index (χ0) is 8.10. The molecule has 0 spiro atoms. The Morgan fingerprint density at radius 2 is 2.45 bits per heavy atom. The van der Waals surface area contributed by atoms with Crippen molar-refractivity contribution >= 4 is 27.3 Å². The molecule has 0 radical (unpaired) electrons. The zero-order valence-corrected chi connectivity index (χ0v) is 8.76. The first kappa shape index (κ1) is 8.83. The van der Waals surface area contributed by atoms with Gasteiger partial charge in [0.15, 0.2) is 0 Å². The normalized spacial score (nSPS) is 8.91. The van der Waals surface area contributed by atoms with E-state index in [1.807, 2.05) is 0 Å². The molecular formula is C9H9BrS. The van der Waals surface area contributed by atoms with Gasteiger partial charge in [-0.25, -0.2) is 0 Å². The number of hydrogen-bond donors (Lipinski definition) is 0. The molecule has 0 saturated heterocycles. The summed E-state index contributed by atoms with van der Waals surface area (Å²) in [5.74, 6) is 6.22. The standard InChI is InChI=1S/C9H9BrS/c1-8-5-7-11-9(8)4-2-3-6-10/h5,7H,3,6H2,1H3. The molecule has 0 aliphatic carbocycles. The lowest BCUT2D eigenvalue weighted by molar-refractivity contribution is 1.32. The summed E-state index contributed by atoms with van der Waals surface area (Å²) in [4.78, 5) is 1.20. The number of hydrogen-bond acceptors (Lipinski definition) is 1. The van der Waals surface area contributed by atoms with Crippen molar-refractivity contribution in [3.63, 3.8) is 0 Å². The van der Waals surface area contributed by atoms with Crippen molar-refractivity contribution in [2.75, 3.05) is 5.33 Å². The highest BCUT2D eigenvalue weighted by Gasteiger charge is 1.92. The van der Waals surface area contributed by atoms with Gasteiger partial charge in [0.2, 0.25) is 0 Å². The van der Waals surface area contributed by atoms with E-state index in [0.29, 0.717) is 0 Å². The van der Waals surface area contributed by atoms with Crippen molar-refractivity contribution in [1.82, 2.24) is 0 Å². The van der Waals surface area contributed by atoms with Crippen LogP contribution in [0.1, 0.15) is 16.9 Å². The first-order chi connectivity index (χ1) is 5.34. The van der Waals surface area contributed by atoms with Crippen LogP contribution >= 0.6 is 27.3 Å². The number of rotatable bonds is 1. The van der Waals surface area contributed by atoms with Gasteiger partial charge < -0.3 is 0 Å². The largest absolute Gasteiger partial charge is 0.135 e. The summed E-state index contributed by atoms with van der Waals surface area (Å²) < 4.78 is 0. The van der Waals surface area contributed by atoms with Crippen LogP contribution in [0.25, 0.3) is 0 Å². The van der Waals surface area contributed by atoms with Crippen LogP contribution < -0.4 is 0 Å². The van der Waals surface area contributed by atoms with Crippen LogP contribution in [0, 0.1) is 18.8 Å². The monoisotopic (exact) mass is 228 g/mol. The minimum Gasteiger partial charge on any atom is -0.135 e. The van der Waals surface area contributed by atoms with E-state index in [-0.39, 0.29) is 0 Å². The maximum Gasteiger partial charge on any atom is 0.0797 e. The van der Waals surface area contributed by atoms with Crippen LogP contribution in [0.2, 0.25) is 0 Å². The van der Waals surface area contributed by atoms with Gasteiger partial charge in [-0.1, -0.05) is 27.8 Å². The first-order valence-corrected chi connectivity index (χ1v) is 5.43. The predicted molar refractivity (Wildman–Crippen MR) is 54.3 cm³/mol. The number of aryl methyl sites for hydroxylation is 1. The Hall–Kier alpha value is -0.260. The molecule has 0 unspecified atom stereocenters. The second-order valence-electron chi connectivity index (χ2n) is 2.17. The Morgan fingerprint density at radius 3 is 3.00 bits per heavy atom. The Labute approximate surface area is 79.8 Å². The molecule has 0 aromatic carbocycles. The molecule has 1 rings (SSSR count). The van der Waals surface area contributed by atoms with Crippen molar-refractivity contribution in [3.8, 4) is 11.8 Å². The summed E-state index contributed by atoms with van der Waals surface area (Å²) in [5, 5.41) is 3.04. The summed E-state index contributed by atoms with van der Waals surface area (Å²) in [6.45, 7) is 2.09. The van der Waals surface area contributed by atoms with Gasteiger partial charge in [0, 0.05) is 11.8 Å². The predicted octanol–water partition coefficient (Wildman–Crippen LogP) is 3.19. The Kier molecular flexibility index (Phi) is 3.68. The van der Waals surface area contributed by atoms with E-state index in [1.165, 1.54) is 10.4 Å². The van der Waals surface area contributed by atoms with E-state index >= 15 is 0 Å².